The Kier molecular flexibility index (Phi) is 3.94. The summed E-state index contributed by atoms with van der Waals surface area (Å²) in [6.07, 6.45) is 1.49. The van der Waals surface area contributed by atoms with Gasteiger partial charge in [-0.05, 0) is 46.3 Å². The van der Waals surface area contributed by atoms with E-state index in [0.29, 0.717) is 27.7 Å². The predicted molar refractivity (Wildman–Crippen MR) is 99.9 cm³/mol. The monoisotopic (exact) mass is 412 g/mol. The van der Waals surface area contributed by atoms with Crippen LogP contribution >= 0.6 is 27.5 Å². The number of allylic oxidation sites excluding steroid dienone is 1. The minimum absolute atomic E-state index is 0.121. The molecular formula is C20H10BrClO3. The van der Waals surface area contributed by atoms with E-state index in [1.54, 1.807) is 42.5 Å². The molecule has 3 nitrogen and oxygen atoms in total. The van der Waals surface area contributed by atoms with Crippen molar-refractivity contribution >= 4 is 45.2 Å². The minimum atomic E-state index is -0.273. The molecule has 0 aliphatic heterocycles. The molecule has 0 saturated carbocycles. The molecule has 25 heavy (non-hydrogen) atoms. The molecule has 0 saturated heterocycles. The molecule has 0 bridgehead atoms. The number of furan rings is 1. The first-order valence-corrected chi connectivity index (χ1v) is 8.67. The van der Waals surface area contributed by atoms with Gasteiger partial charge in [-0.3, -0.25) is 9.59 Å². The first-order valence-electron chi connectivity index (χ1n) is 7.50. The zero-order chi connectivity index (χ0) is 17.6. The van der Waals surface area contributed by atoms with E-state index in [1.807, 2.05) is 12.1 Å². The Morgan fingerprint density at radius 1 is 0.920 bits per heavy atom. The highest BCUT2D eigenvalue weighted by Crippen LogP contribution is 2.32. The number of ketones is 2. The summed E-state index contributed by atoms with van der Waals surface area (Å²) >= 11 is 9.45. The highest BCUT2D eigenvalue weighted by molar-refractivity contribution is 9.10. The lowest BCUT2D eigenvalue weighted by Gasteiger charge is -2.00. The van der Waals surface area contributed by atoms with Crippen molar-refractivity contribution in [1.82, 2.24) is 0 Å². The van der Waals surface area contributed by atoms with Gasteiger partial charge >= 0.3 is 0 Å². The van der Waals surface area contributed by atoms with E-state index in [2.05, 4.69) is 15.9 Å². The molecule has 0 radical (unpaired) electrons. The second kappa shape index (κ2) is 6.14. The summed E-state index contributed by atoms with van der Waals surface area (Å²) in [6.45, 7) is 0. The zero-order valence-electron chi connectivity index (χ0n) is 12.8. The van der Waals surface area contributed by atoms with Gasteiger partial charge in [0.15, 0.2) is 11.6 Å². The fraction of sp³-hybridized carbons (Fsp3) is 0. The Bertz CT molecular complexity index is 1030. The molecule has 0 unspecified atom stereocenters. The molecule has 0 amide bonds. The first-order chi connectivity index (χ1) is 12.0. The normalized spacial score (nSPS) is 13.3. The third-order valence-electron chi connectivity index (χ3n) is 4.02. The predicted octanol–water partition coefficient (Wildman–Crippen LogP) is 5.83. The summed E-state index contributed by atoms with van der Waals surface area (Å²) in [6, 6.07) is 15.8. The summed E-state index contributed by atoms with van der Waals surface area (Å²) in [5.41, 5.74) is 1.80. The van der Waals surface area contributed by atoms with Crippen LogP contribution in [0.25, 0.3) is 17.4 Å². The Morgan fingerprint density at radius 3 is 2.24 bits per heavy atom. The second-order valence-corrected chi connectivity index (χ2v) is 6.85. The molecule has 1 aliphatic carbocycles. The molecule has 1 aromatic heterocycles. The SMILES string of the molecule is O=C1C(=Cc2ccc(-c3ccc(Br)c(Cl)c3)o2)C(=O)c2ccccc21. The molecule has 3 aromatic rings. The average Bonchev–Trinajstić information content (AvgIpc) is 3.17. The number of benzene rings is 2. The van der Waals surface area contributed by atoms with E-state index >= 15 is 0 Å². The van der Waals surface area contributed by atoms with Gasteiger partial charge in [0.2, 0.25) is 0 Å². The van der Waals surface area contributed by atoms with E-state index in [9.17, 15) is 9.59 Å². The number of carbonyl (C=O) groups is 2. The lowest BCUT2D eigenvalue weighted by Crippen LogP contribution is -1.99. The maximum absolute atomic E-state index is 12.4. The van der Waals surface area contributed by atoms with Gasteiger partial charge in [0.05, 0.1) is 10.6 Å². The number of fused-ring (bicyclic) bond motifs is 1. The van der Waals surface area contributed by atoms with Gasteiger partial charge < -0.3 is 4.42 Å². The van der Waals surface area contributed by atoms with Crippen LogP contribution in [-0.4, -0.2) is 11.6 Å². The number of carbonyl (C=O) groups excluding carboxylic acids is 2. The summed E-state index contributed by atoms with van der Waals surface area (Å²) in [7, 11) is 0. The van der Waals surface area contributed by atoms with Crippen molar-refractivity contribution in [3.63, 3.8) is 0 Å². The number of rotatable bonds is 2. The van der Waals surface area contributed by atoms with Gasteiger partial charge in [0.25, 0.3) is 0 Å². The molecule has 2 aromatic carbocycles. The largest absolute Gasteiger partial charge is 0.457 e. The number of hydrogen-bond donors (Lipinski definition) is 0. The smallest absolute Gasteiger partial charge is 0.197 e. The van der Waals surface area contributed by atoms with Gasteiger partial charge in [0.1, 0.15) is 11.5 Å². The van der Waals surface area contributed by atoms with E-state index in [1.165, 1.54) is 6.08 Å². The lowest BCUT2D eigenvalue weighted by atomic mass is 10.1. The molecule has 1 heterocycles. The van der Waals surface area contributed by atoms with Gasteiger partial charge in [-0.15, -0.1) is 0 Å². The standard InChI is InChI=1S/C20H10BrClO3/c21-16-7-5-11(9-17(16)22)18-8-6-12(25-18)10-15-19(23)13-3-1-2-4-14(13)20(15)24/h1-10H. The van der Waals surface area contributed by atoms with Crippen LogP contribution in [0.2, 0.25) is 5.02 Å². The molecule has 5 heteroatoms. The van der Waals surface area contributed by atoms with Crippen LogP contribution in [-0.2, 0) is 0 Å². The summed E-state index contributed by atoms with van der Waals surface area (Å²) in [4.78, 5) is 24.8. The highest BCUT2D eigenvalue weighted by atomic mass is 79.9. The van der Waals surface area contributed by atoms with E-state index in [4.69, 9.17) is 16.0 Å². The summed E-state index contributed by atoms with van der Waals surface area (Å²) in [5, 5.41) is 0.574. The summed E-state index contributed by atoms with van der Waals surface area (Å²) in [5.74, 6) is 0.505. The van der Waals surface area contributed by atoms with Gasteiger partial charge in [-0.1, -0.05) is 41.9 Å². The highest BCUT2D eigenvalue weighted by Gasteiger charge is 2.32. The number of halogens is 2. The zero-order valence-corrected chi connectivity index (χ0v) is 15.1. The van der Waals surface area contributed by atoms with Crippen LogP contribution in [0.3, 0.4) is 0 Å². The van der Waals surface area contributed by atoms with Gasteiger partial charge in [0, 0.05) is 21.2 Å². The van der Waals surface area contributed by atoms with Crippen molar-refractivity contribution in [2.24, 2.45) is 0 Å². The van der Waals surface area contributed by atoms with Crippen molar-refractivity contribution < 1.29 is 14.0 Å². The quantitative estimate of drug-likeness (QED) is 0.392. The van der Waals surface area contributed by atoms with E-state index < -0.39 is 0 Å². The Labute approximate surface area is 157 Å². The maximum Gasteiger partial charge on any atom is 0.197 e. The molecule has 1 aliphatic rings. The minimum Gasteiger partial charge on any atom is -0.457 e. The van der Waals surface area contributed by atoms with E-state index in [-0.39, 0.29) is 17.1 Å². The van der Waals surface area contributed by atoms with Crippen molar-refractivity contribution in [2.45, 2.75) is 0 Å². The lowest BCUT2D eigenvalue weighted by molar-refractivity contribution is 0.0990. The molecule has 0 N–H and O–H groups in total. The molecule has 0 spiro atoms. The van der Waals surface area contributed by atoms with Crippen LogP contribution in [0, 0.1) is 0 Å². The molecule has 122 valence electrons. The molecular weight excluding hydrogens is 404 g/mol. The van der Waals surface area contributed by atoms with Crippen LogP contribution in [0.4, 0.5) is 0 Å². The van der Waals surface area contributed by atoms with Crippen molar-refractivity contribution in [3.05, 3.63) is 86.6 Å². The topological polar surface area (TPSA) is 47.3 Å². The average molecular weight is 414 g/mol. The van der Waals surface area contributed by atoms with E-state index in [0.717, 1.165) is 10.0 Å². The van der Waals surface area contributed by atoms with Crippen molar-refractivity contribution in [3.8, 4) is 11.3 Å². The van der Waals surface area contributed by atoms with Crippen molar-refractivity contribution in [2.75, 3.05) is 0 Å². The second-order valence-electron chi connectivity index (χ2n) is 5.59. The molecule has 0 fully saturated rings. The third kappa shape index (κ3) is 2.77. The van der Waals surface area contributed by atoms with Gasteiger partial charge in [-0.2, -0.15) is 0 Å². The Morgan fingerprint density at radius 2 is 1.60 bits per heavy atom. The molecule has 0 atom stereocenters. The van der Waals surface area contributed by atoms with Gasteiger partial charge in [-0.25, -0.2) is 0 Å². The fourth-order valence-corrected chi connectivity index (χ4v) is 3.21. The Balaban J connectivity index is 1.70. The fourth-order valence-electron chi connectivity index (χ4n) is 2.78. The maximum atomic E-state index is 12.4. The van der Waals surface area contributed by atoms with Crippen LogP contribution in [0.15, 0.2) is 69.1 Å². The third-order valence-corrected chi connectivity index (χ3v) is 5.26. The molecule has 4 rings (SSSR count). The van der Waals surface area contributed by atoms with Crippen LogP contribution in [0.1, 0.15) is 26.5 Å². The Hall–Kier alpha value is -2.43. The van der Waals surface area contributed by atoms with Crippen LogP contribution in [0.5, 0.6) is 0 Å². The van der Waals surface area contributed by atoms with Crippen LogP contribution < -0.4 is 0 Å². The number of hydrogen-bond acceptors (Lipinski definition) is 3. The summed E-state index contributed by atoms with van der Waals surface area (Å²) < 4.78 is 6.57. The number of Topliss-reactive ketones (excluding diaryl/α,β-unsaturated/α-hetero) is 2. The van der Waals surface area contributed by atoms with Crippen molar-refractivity contribution in [1.29, 1.82) is 0 Å². The first kappa shape index (κ1) is 16.1.